The van der Waals surface area contributed by atoms with Crippen molar-refractivity contribution in [3.05, 3.63) is 42.4 Å². The van der Waals surface area contributed by atoms with Gasteiger partial charge < -0.3 is 19.5 Å². The molecule has 168 valence electrons. The van der Waals surface area contributed by atoms with E-state index in [2.05, 4.69) is 43.3 Å². The van der Waals surface area contributed by atoms with Crippen LogP contribution in [-0.2, 0) is 0 Å². The van der Waals surface area contributed by atoms with Crippen LogP contribution < -0.4 is 10.2 Å². The molecule has 2 aromatic heterocycles. The van der Waals surface area contributed by atoms with E-state index in [1.54, 1.807) is 6.20 Å². The number of nitrogens with zero attached hydrogens (tertiary/aromatic N) is 5. The van der Waals surface area contributed by atoms with Crippen LogP contribution in [0.3, 0.4) is 0 Å². The minimum absolute atomic E-state index is 0.134. The molecule has 0 spiro atoms. The Morgan fingerprint density at radius 3 is 2.50 bits per heavy atom. The number of hydrogen-bond acceptors (Lipinski definition) is 8. The minimum atomic E-state index is 0.134. The average molecular weight is 453 g/mol. The maximum atomic E-state index is 13.4. The molecule has 1 aliphatic carbocycles. The van der Waals surface area contributed by atoms with Crippen LogP contribution in [-0.4, -0.2) is 56.4 Å². The second kappa shape index (κ2) is 8.90. The number of anilines is 2. The molecule has 3 aromatic rings. The first-order chi connectivity index (χ1) is 15.6. The van der Waals surface area contributed by atoms with Crippen molar-refractivity contribution >= 4 is 28.5 Å². The SMILES string of the molecule is CC(C)Nc1nsc(N2CCC(N(C(=O)c3ccc(-c4cnco4)cc3)C3CC3)CC2)n1. The maximum Gasteiger partial charge on any atom is 0.254 e. The number of rotatable bonds is 7. The Kier molecular flexibility index (Phi) is 5.82. The van der Waals surface area contributed by atoms with E-state index < -0.39 is 0 Å². The van der Waals surface area contributed by atoms with Crippen LogP contribution in [0.15, 0.2) is 41.3 Å². The lowest BCUT2D eigenvalue weighted by molar-refractivity contribution is 0.0630. The zero-order valence-electron chi connectivity index (χ0n) is 18.4. The Hall–Kier alpha value is -2.94. The standard InChI is InChI=1S/C23H28N6O2S/c1-15(2)25-22-26-23(32-27-22)28-11-9-19(10-12-28)29(18-7-8-18)21(30)17-5-3-16(4-6-17)20-13-24-14-31-20/h3-6,13-15,18-19H,7-12H2,1-2H3,(H,25,27). The van der Waals surface area contributed by atoms with Crippen LogP contribution >= 0.6 is 11.5 Å². The average Bonchev–Trinajstić information content (AvgIpc) is 3.27. The molecule has 0 bridgehead atoms. The van der Waals surface area contributed by atoms with E-state index in [0.29, 0.717) is 23.8 Å². The number of piperidine rings is 1. The molecule has 0 radical (unpaired) electrons. The van der Waals surface area contributed by atoms with Gasteiger partial charge in [0.15, 0.2) is 12.2 Å². The number of nitrogens with one attached hydrogen (secondary N) is 1. The van der Waals surface area contributed by atoms with E-state index in [4.69, 9.17) is 4.42 Å². The third-order valence-corrected chi connectivity index (χ3v) is 6.76. The Labute approximate surface area is 191 Å². The van der Waals surface area contributed by atoms with E-state index in [-0.39, 0.29) is 11.9 Å². The molecule has 2 fully saturated rings. The van der Waals surface area contributed by atoms with Crippen LogP contribution in [0.4, 0.5) is 11.1 Å². The van der Waals surface area contributed by atoms with Gasteiger partial charge in [-0.15, -0.1) is 0 Å². The van der Waals surface area contributed by atoms with Crippen molar-refractivity contribution in [2.75, 3.05) is 23.3 Å². The number of benzene rings is 1. The highest BCUT2D eigenvalue weighted by Crippen LogP contribution is 2.34. The van der Waals surface area contributed by atoms with Gasteiger partial charge in [0.05, 0.1) is 6.20 Å². The fraction of sp³-hybridized carbons (Fsp3) is 0.478. The first-order valence-corrected chi connectivity index (χ1v) is 12.0. The highest BCUT2D eigenvalue weighted by molar-refractivity contribution is 7.09. The molecule has 3 heterocycles. The first-order valence-electron chi connectivity index (χ1n) is 11.3. The van der Waals surface area contributed by atoms with Crippen molar-refractivity contribution in [2.45, 2.75) is 57.7 Å². The Morgan fingerprint density at radius 2 is 1.88 bits per heavy atom. The highest BCUT2D eigenvalue weighted by Gasteiger charge is 2.39. The number of oxazole rings is 1. The van der Waals surface area contributed by atoms with E-state index >= 15 is 0 Å². The zero-order chi connectivity index (χ0) is 22.1. The molecule has 2 aliphatic rings. The van der Waals surface area contributed by atoms with Gasteiger partial charge >= 0.3 is 0 Å². The lowest BCUT2D eigenvalue weighted by atomic mass is 10.0. The highest BCUT2D eigenvalue weighted by atomic mass is 32.1. The number of aromatic nitrogens is 3. The van der Waals surface area contributed by atoms with Crippen molar-refractivity contribution in [3.63, 3.8) is 0 Å². The topological polar surface area (TPSA) is 87.4 Å². The molecule has 1 saturated heterocycles. The fourth-order valence-electron chi connectivity index (χ4n) is 4.26. The lowest BCUT2D eigenvalue weighted by Crippen LogP contribution is -2.48. The van der Waals surface area contributed by atoms with Gasteiger partial charge in [0.1, 0.15) is 0 Å². The van der Waals surface area contributed by atoms with Gasteiger partial charge in [0, 0.05) is 53.9 Å². The van der Waals surface area contributed by atoms with Crippen LogP contribution in [0, 0.1) is 0 Å². The molecule has 0 atom stereocenters. The first kappa shape index (κ1) is 20.9. The van der Waals surface area contributed by atoms with Gasteiger partial charge in [-0.05, 0) is 51.7 Å². The summed E-state index contributed by atoms with van der Waals surface area (Å²) in [7, 11) is 0. The molecule has 32 heavy (non-hydrogen) atoms. The molecule has 1 saturated carbocycles. The Balaban J connectivity index is 1.24. The monoisotopic (exact) mass is 452 g/mol. The van der Waals surface area contributed by atoms with E-state index in [9.17, 15) is 4.79 Å². The lowest BCUT2D eigenvalue weighted by Gasteiger charge is -2.38. The molecule has 1 aliphatic heterocycles. The summed E-state index contributed by atoms with van der Waals surface area (Å²) in [5.41, 5.74) is 1.66. The van der Waals surface area contributed by atoms with E-state index in [0.717, 1.165) is 55.0 Å². The third-order valence-electron chi connectivity index (χ3n) is 5.98. The van der Waals surface area contributed by atoms with E-state index in [1.807, 2.05) is 24.3 Å². The molecule has 1 amide bonds. The maximum absolute atomic E-state index is 13.4. The van der Waals surface area contributed by atoms with Crippen molar-refractivity contribution in [1.29, 1.82) is 0 Å². The van der Waals surface area contributed by atoms with Crippen LogP contribution in [0.1, 0.15) is 49.9 Å². The van der Waals surface area contributed by atoms with Gasteiger partial charge in [-0.1, -0.05) is 12.1 Å². The van der Waals surface area contributed by atoms with E-state index in [1.165, 1.54) is 17.9 Å². The largest absolute Gasteiger partial charge is 0.444 e. The van der Waals surface area contributed by atoms with Crippen molar-refractivity contribution < 1.29 is 9.21 Å². The summed E-state index contributed by atoms with van der Waals surface area (Å²) in [6, 6.07) is 8.60. The predicted octanol–water partition coefficient (Wildman–Crippen LogP) is 4.29. The summed E-state index contributed by atoms with van der Waals surface area (Å²) >= 11 is 1.44. The van der Waals surface area contributed by atoms with Crippen LogP contribution in [0.25, 0.3) is 11.3 Å². The van der Waals surface area contributed by atoms with Gasteiger partial charge in [-0.3, -0.25) is 4.79 Å². The summed E-state index contributed by atoms with van der Waals surface area (Å²) in [6.45, 7) is 5.94. The predicted molar refractivity (Wildman–Crippen MR) is 125 cm³/mol. The summed E-state index contributed by atoms with van der Waals surface area (Å²) < 4.78 is 9.77. The Morgan fingerprint density at radius 1 is 1.16 bits per heavy atom. The smallest absolute Gasteiger partial charge is 0.254 e. The fourth-order valence-corrected chi connectivity index (χ4v) is 4.95. The molecule has 0 unspecified atom stereocenters. The molecular formula is C23H28N6O2S. The summed E-state index contributed by atoms with van der Waals surface area (Å²) in [4.78, 5) is 26.5. The van der Waals surface area contributed by atoms with Crippen molar-refractivity contribution in [3.8, 4) is 11.3 Å². The van der Waals surface area contributed by atoms with Crippen molar-refractivity contribution in [2.24, 2.45) is 0 Å². The number of carbonyl (C=O) groups is 1. The number of carbonyl (C=O) groups excluding carboxylic acids is 1. The number of amides is 1. The Bertz CT molecular complexity index is 1040. The molecular weight excluding hydrogens is 424 g/mol. The van der Waals surface area contributed by atoms with Gasteiger partial charge in [0.25, 0.3) is 5.91 Å². The molecule has 5 rings (SSSR count). The van der Waals surface area contributed by atoms with Crippen molar-refractivity contribution in [1.82, 2.24) is 19.2 Å². The zero-order valence-corrected chi connectivity index (χ0v) is 19.2. The second-order valence-corrected chi connectivity index (χ2v) is 9.53. The number of hydrogen-bond donors (Lipinski definition) is 1. The molecule has 9 heteroatoms. The summed E-state index contributed by atoms with van der Waals surface area (Å²) in [5, 5.41) is 4.22. The third kappa shape index (κ3) is 4.48. The van der Waals surface area contributed by atoms with Crippen LogP contribution in [0.2, 0.25) is 0 Å². The second-order valence-electron chi connectivity index (χ2n) is 8.80. The normalized spacial score (nSPS) is 17.0. The van der Waals surface area contributed by atoms with Gasteiger partial charge in [0.2, 0.25) is 11.1 Å². The van der Waals surface area contributed by atoms with Gasteiger partial charge in [-0.2, -0.15) is 9.36 Å². The minimum Gasteiger partial charge on any atom is -0.444 e. The quantitative estimate of drug-likeness (QED) is 0.572. The molecule has 8 nitrogen and oxygen atoms in total. The van der Waals surface area contributed by atoms with Crippen LogP contribution in [0.5, 0.6) is 0 Å². The molecule has 1 aromatic carbocycles. The summed E-state index contributed by atoms with van der Waals surface area (Å²) in [5.74, 6) is 1.54. The molecule has 1 N–H and O–H groups in total. The van der Waals surface area contributed by atoms with Gasteiger partial charge in [-0.25, -0.2) is 4.98 Å². The summed E-state index contributed by atoms with van der Waals surface area (Å²) in [6.07, 6.45) is 7.20.